The van der Waals surface area contributed by atoms with Crippen LogP contribution in [-0.4, -0.2) is 12.8 Å². The summed E-state index contributed by atoms with van der Waals surface area (Å²) in [5.41, 5.74) is 0. The zero-order valence-electron chi connectivity index (χ0n) is 4.88. The summed E-state index contributed by atoms with van der Waals surface area (Å²) in [7, 11) is 0. The van der Waals surface area contributed by atoms with Crippen LogP contribution in [0.25, 0.3) is 0 Å². The fraction of sp³-hybridized carbons (Fsp3) is 1.00. The van der Waals surface area contributed by atoms with E-state index in [1.165, 1.54) is 25.5 Å². The van der Waals surface area contributed by atoms with E-state index in [0.717, 1.165) is 0 Å². The third kappa shape index (κ3) is 7.85. The maximum absolute atomic E-state index is 3.37. The van der Waals surface area contributed by atoms with Crippen molar-refractivity contribution in [2.75, 3.05) is 12.8 Å². The first kappa shape index (κ1) is 9.85. The number of hydrogen-bond acceptors (Lipinski definition) is 1. The molecule has 1 N–H and O–H groups in total. The van der Waals surface area contributed by atoms with Gasteiger partial charge in [0, 0.05) is 0 Å². The summed E-state index contributed by atoms with van der Waals surface area (Å²) in [4.78, 5) is 0. The van der Waals surface area contributed by atoms with Crippen LogP contribution in [0.4, 0.5) is 0 Å². The summed E-state index contributed by atoms with van der Waals surface area (Å²) in [6, 6.07) is 0. The molecular weight excluding hydrogens is 347 g/mol. The Balaban J connectivity index is 2.53. The van der Waals surface area contributed by atoms with Gasteiger partial charge in [0.2, 0.25) is 0 Å². The molecule has 0 spiro atoms. The van der Waals surface area contributed by atoms with Gasteiger partial charge in [0.15, 0.2) is 0 Å². The SMILES string of the molecule is CCCNCP[I-]I. The van der Waals surface area contributed by atoms with E-state index in [1.54, 1.807) is 0 Å². The Morgan fingerprint density at radius 1 is 1.75 bits per heavy atom. The maximum atomic E-state index is 3.37. The summed E-state index contributed by atoms with van der Waals surface area (Å²) in [5, 5.41) is 3.37. The van der Waals surface area contributed by atoms with E-state index in [9.17, 15) is 0 Å². The molecule has 0 aromatic carbocycles. The zero-order valence-corrected chi connectivity index (χ0v) is 10.2. The second-order valence-corrected chi connectivity index (χ2v) is 13.9. The molecule has 0 saturated heterocycles. The molecule has 52 valence electrons. The molecule has 0 fully saturated rings. The monoisotopic (exact) mass is 358 g/mol. The molecule has 4 heteroatoms. The molecule has 0 aliphatic carbocycles. The molecule has 0 saturated carbocycles. The van der Waals surface area contributed by atoms with Crippen LogP contribution in [0.3, 0.4) is 0 Å². The predicted octanol–water partition coefficient (Wildman–Crippen LogP) is -1.02. The van der Waals surface area contributed by atoms with Crippen molar-refractivity contribution in [3.05, 3.63) is 0 Å². The van der Waals surface area contributed by atoms with E-state index in [2.05, 4.69) is 30.9 Å². The quantitative estimate of drug-likeness (QED) is 0.377. The van der Waals surface area contributed by atoms with Crippen LogP contribution >= 0.6 is 24.8 Å². The normalized spacial score (nSPS) is 11.8. The van der Waals surface area contributed by atoms with Crippen molar-refractivity contribution in [1.29, 1.82) is 0 Å². The Labute approximate surface area is 72.3 Å². The van der Waals surface area contributed by atoms with Crippen molar-refractivity contribution in [2.24, 2.45) is 0 Å². The van der Waals surface area contributed by atoms with Crippen molar-refractivity contribution in [3.63, 3.8) is 0 Å². The van der Waals surface area contributed by atoms with E-state index in [0.29, 0.717) is 16.7 Å². The third-order valence-electron chi connectivity index (χ3n) is 0.669. The van der Waals surface area contributed by atoms with Gasteiger partial charge in [0.25, 0.3) is 0 Å². The van der Waals surface area contributed by atoms with Crippen molar-refractivity contribution in [1.82, 2.24) is 5.32 Å². The Morgan fingerprint density at radius 3 is 3.00 bits per heavy atom. The summed E-state index contributed by atoms with van der Waals surface area (Å²) in [6.07, 6.45) is 3.75. The van der Waals surface area contributed by atoms with E-state index in [1.807, 2.05) is 0 Å². The molecule has 0 aliphatic rings. The molecule has 1 unspecified atom stereocenters. The molecule has 8 heavy (non-hydrogen) atoms. The average Bonchev–Trinajstić information content (AvgIpc) is 1.81. The Hall–Kier alpha value is 1.85. The van der Waals surface area contributed by atoms with Crippen LogP contribution in [0.1, 0.15) is 13.3 Å². The molecule has 0 aromatic rings. The van der Waals surface area contributed by atoms with Crippen LogP contribution in [0, 0.1) is 0 Å². The molecule has 0 aromatic heterocycles. The van der Waals surface area contributed by atoms with E-state index < -0.39 is 0 Å². The van der Waals surface area contributed by atoms with E-state index >= 15 is 0 Å². The number of hydrogen-bond donors (Lipinski definition) is 1. The fourth-order valence-corrected chi connectivity index (χ4v) is 4.80. The number of nitrogens with one attached hydrogen (secondary N) is 1. The summed E-state index contributed by atoms with van der Waals surface area (Å²) in [6.45, 7) is 3.41. The van der Waals surface area contributed by atoms with Gasteiger partial charge >= 0.3 is 73.0 Å². The summed E-state index contributed by atoms with van der Waals surface area (Å²) < 4.78 is 0. The Kier molecular flexibility index (Phi) is 10.9. The second-order valence-electron chi connectivity index (χ2n) is 1.38. The van der Waals surface area contributed by atoms with Gasteiger partial charge in [0.1, 0.15) is 0 Å². The molecule has 1 atom stereocenters. The minimum atomic E-state index is 0.525. The van der Waals surface area contributed by atoms with Crippen molar-refractivity contribution in [3.8, 4) is 0 Å². The molecule has 0 bridgehead atoms. The van der Waals surface area contributed by atoms with Gasteiger partial charge in [-0.05, 0) is 0 Å². The molecular formula is C4H11I2NP-. The van der Waals surface area contributed by atoms with Crippen LogP contribution in [0.2, 0.25) is 0 Å². The summed E-state index contributed by atoms with van der Waals surface area (Å²) >= 11 is 3.05. The zero-order chi connectivity index (χ0) is 6.24. The van der Waals surface area contributed by atoms with Crippen molar-refractivity contribution in [2.45, 2.75) is 13.3 Å². The first-order chi connectivity index (χ1) is 3.91. The van der Waals surface area contributed by atoms with Crippen LogP contribution in [-0.2, 0) is 0 Å². The molecule has 0 aliphatic heterocycles. The van der Waals surface area contributed by atoms with Gasteiger partial charge in [-0.3, -0.25) is 0 Å². The molecule has 1 nitrogen and oxygen atoms in total. The van der Waals surface area contributed by atoms with Crippen LogP contribution in [0.15, 0.2) is 0 Å². The molecule has 0 amide bonds. The number of halogens is 2. The van der Waals surface area contributed by atoms with Crippen LogP contribution < -0.4 is 22.0 Å². The summed E-state index contributed by atoms with van der Waals surface area (Å²) in [5.74, 6) is 0. The van der Waals surface area contributed by atoms with Gasteiger partial charge < -0.3 is 0 Å². The first-order valence-electron chi connectivity index (χ1n) is 2.60. The predicted molar refractivity (Wildman–Crippen MR) is 45.5 cm³/mol. The van der Waals surface area contributed by atoms with Crippen LogP contribution in [0.5, 0.6) is 0 Å². The van der Waals surface area contributed by atoms with Crippen molar-refractivity contribution < 1.29 is 16.7 Å². The van der Waals surface area contributed by atoms with Gasteiger partial charge in [0.05, 0.1) is 0 Å². The van der Waals surface area contributed by atoms with E-state index in [4.69, 9.17) is 0 Å². The molecule has 0 rings (SSSR count). The number of rotatable bonds is 5. The van der Waals surface area contributed by atoms with Gasteiger partial charge in [-0.2, -0.15) is 0 Å². The van der Waals surface area contributed by atoms with Gasteiger partial charge in [-0.25, -0.2) is 0 Å². The standard InChI is InChI=1S/C4H11I2NP/c1-2-3-7-4-8-6-5/h7-8H,2-4H2,1H3/q-1. The fourth-order valence-electron chi connectivity index (χ4n) is 0.338. The first-order valence-corrected chi connectivity index (χ1v) is 13.2. The van der Waals surface area contributed by atoms with Crippen molar-refractivity contribution >= 4 is 24.8 Å². The third-order valence-corrected chi connectivity index (χ3v) is 8.96. The topological polar surface area (TPSA) is 12.0 Å². The minimum absolute atomic E-state index is 0.525. The van der Waals surface area contributed by atoms with Gasteiger partial charge in [-0.15, -0.1) is 0 Å². The second kappa shape index (κ2) is 8.85. The van der Waals surface area contributed by atoms with E-state index in [-0.39, 0.29) is 0 Å². The Bertz CT molecular complexity index is 39.0. The average molecular weight is 358 g/mol. The molecule has 0 heterocycles. The molecule has 0 radical (unpaired) electrons. The van der Waals surface area contributed by atoms with Gasteiger partial charge in [-0.1, -0.05) is 0 Å². The Morgan fingerprint density at radius 2 is 2.50 bits per heavy atom.